The normalized spacial score (nSPS) is 10.2. The summed E-state index contributed by atoms with van der Waals surface area (Å²) in [4.78, 5) is 26.3. The highest BCUT2D eigenvalue weighted by Crippen LogP contribution is 2.14. The molecule has 4 nitrogen and oxygen atoms in total. The van der Waals surface area contributed by atoms with Gasteiger partial charge >= 0.3 is 0 Å². The number of ether oxygens (including phenoxy) is 1. The molecule has 0 radical (unpaired) electrons. The number of aromatic amines is 1. The first kappa shape index (κ1) is 13.1. The molecule has 0 bridgehead atoms. The molecule has 1 aromatic heterocycles. The Morgan fingerprint density at radius 1 is 1.26 bits per heavy atom. The zero-order chi connectivity index (χ0) is 13.8. The summed E-state index contributed by atoms with van der Waals surface area (Å²) in [7, 11) is 0. The van der Waals surface area contributed by atoms with Gasteiger partial charge in [-0.25, -0.2) is 0 Å². The average molecular weight is 257 g/mol. The summed E-state index contributed by atoms with van der Waals surface area (Å²) in [6, 6.07) is 9.49. The van der Waals surface area contributed by atoms with Crippen molar-refractivity contribution in [2.75, 3.05) is 0 Å². The molecule has 1 aromatic carbocycles. The molecule has 0 aliphatic carbocycles. The average Bonchev–Trinajstić information content (AvgIpc) is 2.41. The first-order chi connectivity index (χ1) is 9.09. The van der Waals surface area contributed by atoms with Crippen molar-refractivity contribution < 1.29 is 9.53 Å². The van der Waals surface area contributed by atoms with Gasteiger partial charge in [0.2, 0.25) is 5.43 Å². The Morgan fingerprint density at radius 3 is 2.58 bits per heavy atom. The molecule has 2 rings (SSSR count). The number of hydrogen-bond acceptors (Lipinski definition) is 3. The minimum absolute atomic E-state index is 0.0938. The molecule has 0 aliphatic heterocycles. The van der Waals surface area contributed by atoms with Crippen molar-refractivity contribution in [3.05, 3.63) is 63.6 Å². The van der Waals surface area contributed by atoms with Gasteiger partial charge in [0, 0.05) is 18.7 Å². The molecule has 1 heterocycles. The van der Waals surface area contributed by atoms with Crippen LogP contribution < -0.4 is 10.2 Å². The topological polar surface area (TPSA) is 59.2 Å². The molecule has 19 heavy (non-hydrogen) atoms. The molecule has 98 valence electrons. The summed E-state index contributed by atoms with van der Waals surface area (Å²) in [5, 5.41) is 0. The molecule has 0 saturated carbocycles. The number of nitrogens with one attached hydrogen (secondary N) is 1. The Kier molecular flexibility index (Phi) is 3.80. The molecule has 4 heteroatoms. The highest BCUT2D eigenvalue weighted by molar-refractivity contribution is 5.94. The van der Waals surface area contributed by atoms with Crippen molar-refractivity contribution >= 4 is 5.78 Å². The summed E-state index contributed by atoms with van der Waals surface area (Å²) < 4.78 is 5.53. The second kappa shape index (κ2) is 5.52. The number of pyridine rings is 1. The fourth-order valence-corrected chi connectivity index (χ4v) is 1.73. The Bertz CT molecular complexity index is 644. The standard InChI is InChI=1S/C15H15NO3/c1-10-8-16-13(11(2)17)15(14(10)18)19-9-12-6-4-3-5-7-12/h3-8H,9H2,1-2H3,(H,16,18). The first-order valence-corrected chi connectivity index (χ1v) is 5.99. The zero-order valence-electron chi connectivity index (χ0n) is 10.9. The van der Waals surface area contributed by atoms with E-state index in [-0.39, 0.29) is 29.3 Å². The van der Waals surface area contributed by atoms with Crippen LogP contribution in [0.25, 0.3) is 0 Å². The Balaban J connectivity index is 2.31. The van der Waals surface area contributed by atoms with E-state index < -0.39 is 0 Å². The lowest BCUT2D eigenvalue weighted by Gasteiger charge is -2.09. The Hall–Kier alpha value is -2.36. The van der Waals surface area contributed by atoms with Gasteiger partial charge in [-0.3, -0.25) is 9.59 Å². The molecular weight excluding hydrogens is 242 g/mol. The summed E-state index contributed by atoms with van der Waals surface area (Å²) >= 11 is 0. The largest absolute Gasteiger partial charge is 0.483 e. The maximum Gasteiger partial charge on any atom is 0.227 e. The van der Waals surface area contributed by atoms with E-state index in [4.69, 9.17) is 4.74 Å². The summed E-state index contributed by atoms with van der Waals surface area (Å²) in [5.74, 6) is -0.128. The summed E-state index contributed by atoms with van der Waals surface area (Å²) in [6.45, 7) is 3.34. The van der Waals surface area contributed by atoms with Gasteiger partial charge in [-0.1, -0.05) is 30.3 Å². The van der Waals surface area contributed by atoms with Crippen LogP contribution in [0.4, 0.5) is 0 Å². The van der Waals surface area contributed by atoms with Crippen LogP contribution in [-0.4, -0.2) is 10.8 Å². The second-order valence-corrected chi connectivity index (χ2v) is 4.34. The fraction of sp³-hybridized carbons (Fsp3) is 0.200. The van der Waals surface area contributed by atoms with Crippen LogP contribution in [0, 0.1) is 6.92 Å². The summed E-state index contributed by atoms with van der Waals surface area (Å²) in [6.07, 6.45) is 1.52. The number of Topliss-reactive ketones (excluding diaryl/α,β-unsaturated/α-hetero) is 1. The van der Waals surface area contributed by atoms with Crippen molar-refractivity contribution in [2.24, 2.45) is 0 Å². The number of aryl methyl sites for hydroxylation is 1. The first-order valence-electron chi connectivity index (χ1n) is 5.99. The maximum atomic E-state index is 12.0. The Morgan fingerprint density at radius 2 is 1.95 bits per heavy atom. The fourth-order valence-electron chi connectivity index (χ4n) is 1.73. The van der Waals surface area contributed by atoms with Gasteiger partial charge in [0.05, 0.1) is 0 Å². The highest BCUT2D eigenvalue weighted by Gasteiger charge is 2.14. The van der Waals surface area contributed by atoms with E-state index in [0.717, 1.165) is 5.56 Å². The van der Waals surface area contributed by atoms with E-state index in [1.54, 1.807) is 6.92 Å². The lowest BCUT2D eigenvalue weighted by molar-refractivity contribution is 0.100. The molecule has 0 amide bonds. The molecule has 1 N–H and O–H groups in total. The minimum Gasteiger partial charge on any atom is -0.483 e. The molecule has 0 unspecified atom stereocenters. The number of ketones is 1. The van der Waals surface area contributed by atoms with Gasteiger partial charge in [0.25, 0.3) is 0 Å². The number of hydrogen-bond donors (Lipinski definition) is 1. The van der Waals surface area contributed by atoms with E-state index >= 15 is 0 Å². The van der Waals surface area contributed by atoms with E-state index in [1.807, 2.05) is 30.3 Å². The molecule has 0 atom stereocenters. The van der Waals surface area contributed by atoms with Gasteiger partial charge in [-0.2, -0.15) is 0 Å². The number of aromatic nitrogens is 1. The molecule has 2 aromatic rings. The van der Waals surface area contributed by atoms with Crippen molar-refractivity contribution in [1.29, 1.82) is 0 Å². The predicted molar refractivity (Wildman–Crippen MR) is 72.6 cm³/mol. The van der Waals surface area contributed by atoms with E-state index in [2.05, 4.69) is 4.98 Å². The molecule has 0 aliphatic rings. The van der Waals surface area contributed by atoms with Gasteiger partial charge in [-0.15, -0.1) is 0 Å². The predicted octanol–water partition coefficient (Wildman–Crippen LogP) is 2.46. The van der Waals surface area contributed by atoms with Crippen molar-refractivity contribution in [2.45, 2.75) is 20.5 Å². The monoisotopic (exact) mass is 257 g/mol. The number of H-pyrrole nitrogens is 1. The molecule has 0 spiro atoms. The third-order valence-corrected chi connectivity index (χ3v) is 2.80. The Labute approximate surface area is 111 Å². The minimum atomic E-state index is -0.250. The maximum absolute atomic E-state index is 12.0. The van der Waals surface area contributed by atoms with Gasteiger partial charge in [0.15, 0.2) is 11.5 Å². The van der Waals surface area contributed by atoms with Crippen molar-refractivity contribution in [3.63, 3.8) is 0 Å². The third kappa shape index (κ3) is 2.91. The summed E-state index contributed by atoms with van der Waals surface area (Å²) in [5.41, 5.74) is 1.43. The number of carbonyl (C=O) groups excluding carboxylic acids is 1. The van der Waals surface area contributed by atoms with E-state index in [1.165, 1.54) is 13.1 Å². The van der Waals surface area contributed by atoms with Gasteiger partial charge < -0.3 is 9.72 Å². The highest BCUT2D eigenvalue weighted by atomic mass is 16.5. The van der Waals surface area contributed by atoms with E-state index in [0.29, 0.717) is 5.56 Å². The van der Waals surface area contributed by atoms with Gasteiger partial charge in [0.1, 0.15) is 12.3 Å². The van der Waals surface area contributed by atoms with Crippen LogP contribution >= 0.6 is 0 Å². The number of carbonyl (C=O) groups is 1. The zero-order valence-corrected chi connectivity index (χ0v) is 10.9. The van der Waals surface area contributed by atoms with E-state index in [9.17, 15) is 9.59 Å². The second-order valence-electron chi connectivity index (χ2n) is 4.34. The SMILES string of the molecule is CC(=O)c1[nH]cc(C)c(=O)c1OCc1ccccc1. The number of rotatable bonds is 4. The van der Waals surface area contributed by atoms with Crippen molar-refractivity contribution in [3.8, 4) is 5.75 Å². The smallest absolute Gasteiger partial charge is 0.227 e. The molecular formula is C15H15NO3. The van der Waals surface area contributed by atoms with Crippen LogP contribution in [0.5, 0.6) is 5.75 Å². The van der Waals surface area contributed by atoms with Crippen LogP contribution in [0.15, 0.2) is 41.3 Å². The van der Waals surface area contributed by atoms with Crippen LogP contribution in [0.3, 0.4) is 0 Å². The molecule has 0 saturated heterocycles. The quantitative estimate of drug-likeness (QED) is 0.856. The third-order valence-electron chi connectivity index (χ3n) is 2.80. The van der Waals surface area contributed by atoms with Crippen LogP contribution in [-0.2, 0) is 6.61 Å². The van der Waals surface area contributed by atoms with Crippen LogP contribution in [0.2, 0.25) is 0 Å². The molecule has 0 fully saturated rings. The van der Waals surface area contributed by atoms with Crippen LogP contribution in [0.1, 0.15) is 28.5 Å². The number of benzene rings is 1. The van der Waals surface area contributed by atoms with Crippen molar-refractivity contribution in [1.82, 2.24) is 4.98 Å². The lowest BCUT2D eigenvalue weighted by Crippen LogP contribution is -2.16. The van der Waals surface area contributed by atoms with Gasteiger partial charge in [-0.05, 0) is 12.5 Å². The lowest BCUT2D eigenvalue weighted by atomic mass is 10.2.